The third-order valence-electron chi connectivity index (χ3n) is 1.32. The molecule has 0 spiro atoms. The fourth-order valence-corrected chi connectivity index (χ4v) is 1.07. The molecule has 0 fully saturated rings. The van der Waals surface area contributed by atoms with Gasteiger partial charge in [0.1, 0.15) is 10.3 Å². The van der Waals surface area contributed by atoms with Crippen LogP contribution in [0, 0.1) is 0 Å². The number of amidine groups is 1. The Hall–Kier alpha value is -0.0500. The Morgan fingerprint density at radius 3 is 2.00 bits per heavy atom. The first-order valence-corrected chi connectivity index (χ1v) is 4.91. The molecule has 0 amide bonds. The molecular weight excluding hydrogens is 230 g/mol. The van der Waals surface area contributed by atoms with Crippen LogP contribution in [0.4, 0.5) is 0 Å². The van der Waals surface area contributed by atoms with Crippen molar-refractivity contribution >= 4 is 45.3 Å². The third kappa shape index (κ3) is 6.08. The summed E-state index contributed by atoms with van der Waals surface area (Å²) in [5.41, 5.74) is 0.960. The van der Waals surface area contributed by atoms with E-state index in [1.54, 1.807) is 6.92 Å². The van der Waals surface area contributed by atoms with Crippen LogP contribution < -0.4 is 0 Å². The summed E-state index contributed by atoms with van der Waals surface area (Å²) in [4.78, 5) is 7.56. The van der Waals surface area contributed by atoms with Crippen LogP contribution in [0.15, 0.2) is 20.7 Å². The van der Waals surface area contributed by atoms with Gasteiger partial charge in [0, 0.05) is 0 Å². The monoisotopic (exact) mass is 240 g/mol. The molecule has 0 radical (unpaired) electrons. The van der Waals surface area contributed by atoms with Gasteiger partial charge in [0.05, 0.1) is 0 Å². The highest BCUT2D eigenvalue weighted by molar-refractivity contribution is 6.71. The molecule has 0 bridgehead atoms. The van der Waals surface area contributed by atoms with E-state index >= 15 is 0 Å². The van der Waals surface area contributed by atoms with Crippen molar-refractivity contribution in [3.8, 4) is 0 Å². The van der Waals surface area contributed by atoms with Crippen LogP contribution in [0.25, 0.3) is 0 Å². The summed E-state index contributed by atoms with van der Waals surface area (Å²) in [5, 5.41) is 0.742. The predicted molar refractivity (Wildman–Crippen MR) is 61.1 cm³/mol. The Morgan fingerprint density at radius 2 is 1.62 bits per heavy atom. The smallest absolute Gasteiger partial charge is 0.211 e. The van der Waals surface area contributed by atoms with Gasteiger partial charge in [0.2, 0.25) is 5.29 Å². The van der Waals surface area contributed by atoms with Crippen molar-refractivity contribution in [2.75, 3.05) is 0 Å². The lowest BCUT2D eigenvalue weighted by Gasteiger charge is -1.96. The van der Waals surface area contributed by atoms with Crippen molar-refractivity contribution in [3.63, 3.8) is 0 Å². The van der Waals surface area contributed by atoms with Crippen molar-refractivity contribution in [1.29, 1.82) is 0 Å². The Bertz CT molecular complexity index is 263. The molecule has 0 saturated carbocycles. The first-order valence-electron chi connectivity index (χ1n) is 3.77. The zero-order valence-electron chi connectivity index (χ0n) is 7.74. The van der Waals surface area contributed by atoms with E-state index in [1.807, 2.05) is 13.8 Å². The fraction of sp³-hybridized carbons (Fsp3) is 0.500. The second-order valence-electron chi connectivity index (χ2n) is 2.41. The van der Waals surface area contributed by atoms with E-state index in [0.717, 1.165) is 12.0 Å². The molecule has 13 heavy (non-hydrogen) atoms. The van der Waals surface area contributed by atoms with Gasteiger partial charge >= 0.3 is 0 Å². The molecule has 0 aliphatic carbocycles. The molecule has 0 rings (SSSR count). The van der Waals surface area contributed by atoms with Crippen LogP contribution >= 0.6 is 34.8 Å². The van der Waals surface area contributed by atoms with Gasteiger partial charge in [-0.1, -0.05) is 30.1 Å². The van der Waals surface area contributed by atoms with Gasteiger partial charge in [-0.15, -0.1) is 0 Å². The van der Waals surface area contributed by atoms with E-state index < -0.39 is 0 Å². The average Bonchev–Trinajstić information content (AvgIpc) is 2.01. The zero-order valence-corrected chi connectivity index (χ0v) is 10.0. The minimum absolute atomic E-state index is 0.0466. The van der Waals surface area contributed by atoms with Gasteiger partial charge in [-0.2, -0.15) is 0 Å². The number of aliphatic imine (C=N–C) groups is 2. The quantitative estimate of drug-likeness (QED) is 0.395. The summed E-state index contributed by atoms with van der Waals surface area (Å²) in [7, 11) is 0. The highest BCUT2D eigenvalue weighted by atomic mass is 35.5. The van der Waals surface area contributed by atoms with Gasteiger partial charge in [0.25, 0.3) is 0 Å². The van der Waals surface area contributed by atoms with Gasteiger partial charge in [0.15, 0.2) is 0 Å². The normalized spacial score (nSPS) is 15.8. The van der Waals surface area contributed by atoms with Gasteiger partial charge in [-0.3, -0.25) is 0 Å². The van der Waals surface area contributed by atoms with Crippen molar-refractivity contribution in [2.24, 2.45) is 9.98 Å². The van der Waals surface area contributed by atoms with Gasteiger partial charge < -0.3 is 0 Å². The number of allylic oxidation sites excluding steroid dienone is 1. The maximum absolute atomic E-state index is 5.81. The molecule has 0 N–H and O–H groups in total. The van der Waals surface area contributed by atoms with Crippen LogP contribution in [-0.4, -0.2) is 10.5 Å². The molecule has 0 atom stereocenters. The van der Waals surface area contributed by atoms with Gasteiger partial charge in [-0.05, 0) is 37.4 Å². The van der Waals surface area contributed by atoms with E-state index in [4.69, 9.17) is 34.8 Å². The lowest BCUT2D eigenvalue weighted by molar-refractivity contribution is 1.08. The first-order chi connectivity index (χ1) is 5.97. The molecule has 0 unspecified atom stereocenters. The number of nitrogens with zero attached hydrogens (tertiary/aromatic N) is 2. The lowest BCUT2D eigenvalue weighted by Crippen LogP contribution is -1.87. The Labute approximate surface area is 93.3 Å². The largest absolute Gasteiger partial charge is 0.224 e. The molecule has 0 heterocycles. The van der Waals surface area contributed by atoms with Crippen LogP contribution in [0.3, 0.4) is 0 Å². The molecule has 74 valence electrons. The SMILES string of the molecule is CC/C(C)=C(\Cl)N=C(Cl)N=C(C)Cl. The maximum Gasteiger partial charge on any atom is 0.224 e. The Morgan fingerprint density at radius 1 is 1.08 bits per heavy atom. The minimum Gasteiger partial charge on any atom is -0.211 e. The molecule has 5 heteroatoms. The first kappa shape index (κ1) is 12.9. The summed E-state index contributed by atoms with van der Waals surface area (Å²) in [5.74, 6) is 0. The molecule has 0 aliphatic heterocycles. The highest BCUT2D eigenvalue weighted by Crippen LogP contribution is 2.14. The minimum atomic E-state index is 0.0466. The summed E-state index contributed by atoms with van der Waals surface area (Å²) in [6, 6.07) is 0. The maximum atomic E-state index is 5.81. The lowest BCUT2D eigenvalue weighted by atomic mass is 10.3. The van der Waals surface area contributed by atoms with E-state index in [0.29, 0.717) is 10.3 Å². The second kappa shape index (κ2) is 6.41. The molecule has 0 aliphatic rings. The number of rotatable bonds is 2. The van der Waals surface area contributed by atoms with Crippen LogP contribution in [0.5, 0.6) is 0 Å². The molecule has 0 aromatic rings. The Kier molecular flexibility index (Phi) is 6.39. The number of hydrogen-bond donors (Lipinski definition) is 0. The van der Waals surface area contributed by atoms with Crippen molar-refractivity contribution < 1.29 is 0 Å². The second-order valence-corrected chi connectivity index (χ2v) is 3.66. The fourth-order valence-electron chi connectivity index (χ4n) is 0.474. The summed E-state index contributed by atoms with van der Waals surface area (Å²) in [6.07, 6.45) is 0.829. The van der Waals surface area contributed by atoms with Crippen molar-refractivity contribution in [1.82, 2.24) is 0 Å². The molecular formula is C8H11Cl3N2. The third-order valence-corrected chi connectivity index (χ3v) is 1.98. The van der Waals surface area contributed by atoms with E-state index in [9.17, 15) is 0 Å². The molecule has 0 saturated heterocycles. The zero-order chi connectivity index (χ0) is 10.4. The van der Waals surface area contributed by atoms with E-state index in [2.05, 4.69) is 9.98 Å². The Balaban J connectivity index is 4.67. The summed E-state index contributed by atoms with van der Waals surface area (Å²) < 4.78 is 0. The van der Waals surface area contributed by atoms with Crippen molar-refractivity contribution in [3.05, 3.63) is 10.7 Å². The topological polar surface area (TPSA) is 24.7 Å². The van der Waals surface area contributed by atoms with Gasteiger partial charge in [-0.25, -0.2) is 9.98 Å². The summed E-state index contributed by atoms with van der Waals surface area (Å²) in [6.45, 7) is 5.48. The van der Waals surface area contributed by atoms with E-state index in [1.165, 1.54) is 0 Å². The molecule has 2 nitrogen and oxygen atoms in total. The summed E-state index contributed by atoms with van der Waals surface area (Å²) >= 11 is 16.9. The van der Waals surface area contributed by atoms with E-state index in [-0.39, 0.29) is 5.29 Å². The predicted octanol–water partition coefficient (Wildman–Crippen LogP) is 4.12. The highest BCUT2D eigenvalue weighted by Gasteiger charge is 1.97. The number of halogens is 3. The van der Waals surface area contributed by atoms with Crippen LogP contribution in [-0.2, 0) is 0 Å². The van der Waals surface area contributed by atoms with Crippen LogP contribution in [0.2, 0.25) is 0 Å². The average molecular weight is 242 g/mol. The van der Waals surface area contributed by atoms with Crippen LogP contribution in [0.1, 0.15) is 27.2 Å². The molecule has 0 aromatic heterocycles. The standard InChI is InChI=1S/C8H11Cl3N2/c1-4-5(2)7(10)13-8(11)12-6(3)9/h4H2,1-3H3/b7-5+,12-6?,13-8?. The molecule has 0 aromatic carbocycles. The van der Waals surface area contributed by atoms with Crippen molar-refractivity contribution in [2.45, 2.75) is 27.2 Å². The number of hydrogen-bond acceptors (Lipinski definition) is 1.